The standard InChI is InChI=1S/C12H15ClFNO/c1-9(15-12(16)6-7-13)8-10-2-4-11(14)5-3-10/h2-5,9H,6-8H2,1H3,(H,15,16). The van der Waals surface area contributed by atoms with Gasteiger partial charge in [0.25, 0.3) is 0 Å². The van der Waals surface area contributed by atoms with E-state index in [1.165, 1.54) is 12.1 Å². The van der Waals surface area contributed by atoms with Crippen molar-refractivity contribution in [3.05, 3.63) is 35.6 Å². The van der Waals surface area contributed by atoms with Crippen LogP contribution < -0.4 is 5.32 Å². The molecule has 0 bridgehead atoms. The molecule has 0 spiro atoms. The van der Waals surface area contributed by atoms with Crippen molar-refractivity contribution in [2.24, 2.45) is 0 Å². The quantitative estimate of drug-likeness (QED) is 0.791. The molecule has 0 aromatic heterocycles. The fourth-order valence-corrected chi connectivity index (χ4v) is 1.63. The Hall–Kier alpha value is -1.09. The van der Waals surface area contributed by atoms with Crippen molar-refractivity contribution in [2.45, 2.75) is 25.8 Å². The number of alkyl halides is 1. The van der Waals surface area contributed by atoms with Gasteiger partial charge in [0.1, 0.15) is 5.82 Å². The zero-order chi connectivity index (χ0) is 12.0. The molecular weight excluding hydrogens is 229 g/mol. The van der Waals surface area contributed by atoms with E-state index in [1.807, 2.05) is 6.92 Å². The van der Waals surface area contributed by atoms with Crippen molar-refractivity contribution < 1.29 is 9.18 Å². The number of benzene rings is 1. The highest BCUT2D eigenvalue weighted by Gasteiger charge is 2.07. The Kier molecular flexibility index (Phi) is 5.26. The van der Waals surface area contributed by atoms with Crippen molar-refractivity contribution in [1.29, 1.82) is 0 Å². The maximum absolute atomic E-state index is 12.7. The van der Waals surface area contributed by atoms with Crippen molar-refractivity contribution in [2.75, 3.05) is 5.88 Å². The van der Waals surface area contributed by atoms with E-state index in [1.54, 1.807) is 12.1 Å². The second-order valence-electron chi connectivity index (χ2n) is 3.74. The SMILES string of the molecule is CC(Cc1ccc(F)cc1)NC(=O)CCCl. The minimum absolute atomic E-state index is 0.0289. The molecule has 1 rings (SSSR count). The lowest BCUT2D eigenvalue weighted by atomic mass is 10.1. The lowest BCUT2D eigenvalue weighted by Gasteiger charge is -2.13. The van der Waals surface area contributed by atoms with Gasteiger partial charge in [0.15, 0.2) is 0 Å². The summed E-state index contributed by atoms with van der Waals surface area (Å²) in [6.45, 7) is 1.91. The Labute approximate surface area is 99.8 Å². The summed E-state index contributed by atoms with van der Waals surface area (Å²) in [6.07, 6.45) is 1.02. The van der Waals surface area contributed by atoms with Crippen molar-refractivity contribution in [1.82, 2.24) is 5.32 Å². The maximum atomic E-state index is 12.7. The number of carbonyl (C=O) groups is 1. The van der Waals surface area contributed by atoms with Gasteiger partial charge in [0.2, 0.25) is 5.91 Å². The molecule has 0 aliphatic rings. The number of carbonyl (C=O) groups excluding carboxylic acids is 1. The van der Waals surface area contributed by atoms with Crippen molar-refractivity contribution >= 4 is 17.5 Å². The monoisotopic (exact) mass is 243 g/mol. The molecule has 0 aliphatic heterocycles. The first-order valence-electron chi connectivity index (χ1n) is 5.21. The highest BCUT2D eigenvalue weighted by molar-refractivity contribution is 6.18. The third-order valence-electron chi connectivity index (χ3n) is 2.18. The normalized spacial score (nSPS) is 12.2. The molecule has 1 aromatic carbocycles. The predicted molar refractivity (Wildman–Crippen MR) is 63.0 cm³/mol. The number of nitrogens with one attached hydrogen (secondary N) is 1. The molecule has 16 heavy (non-hydrogen) atoms. The van der Waals surface area contributed by atoms with Crippen LogP contribution in [0.5, 0.6) is 0 Å². The first-order chi connectivity index (χ1) is 7.61. The molecule has 4 heteroatoms. The highest BCUT2D eigenvalue weighted by Crippen LogP contribution is 2.05. The summed E-state index contributed by atoms with van der Waals surface area (Å²) in [5, 5.41) is 2.83. The number of hydrogen-bond acceptors (Lipinski definition) is 1. The Balaban J connectivity index is 2.42. The maximum Gasteiger partial charge on any atom is 0.221 e. The van der Waals surface area contributed by atoms with E-state index in [0.29, 0.717) is 18.7 Å². The molecule has 2 nitrogen and oxygen atoms in total. The fourth-order valence-electron chi connectivity index (χ4n) is 1.46. The van der Waals surface area contributed by atoms with Crippen LogP contribution in [0.4, 0.5) is 4.39 Å². The van der Waals surface area contributed by atoms with Gasteiger partial charge in [0, 0.05) is 18.3 Å². The zero-order valence-corrected chi connectivity index (χ0v) is 9.93. The Morgan fingerprint density at radius 1 is 1.44 bits per heavy atom. The fraction of sp³-hybridized carbons (Fsp3) is 0.417. The first-order valence-corrected chi connectivity index (χ1v) is 5.75. The smallest absolute Gasteiger partial charge is 0.221 e. The zero-order valence-electron chi connectivity index (χ0n) is 9.17. The molecule has 0 fully saturated rings. The average molecular weight is 244 g/mol. The van der Waals surface area contributed by atoms with Crippen LogP contribution in [0.1, 0.15) is 18.9 Å². The Bertz CT molecular complexity index is 339. The van der Waals surface area contributed by atoms with Crippen LogP contribution in [-0.4, -0.2) is 17.8 Å². The average Bonchev–Trinajstić information content (AvgIpc) is 2.21. The molecular formula is C12H15ClFNO. The minimum atomic E-state index is -0.248. The summed E-state index contributed by atoms with van der Waals surface area (Å²) < 4.78 is 12.7. The molecule has 0 heterocycles. The van der Waals surface area contributed by atoms with Crippen LogP contribution >= 0.6 is 11.6 Å². The molecule has 0 saturated carbocycles. The van der Waals surface area contributed by atoms with E-state index in [2.05, 4.69) is 5.32 Å². The molecule has 0 radical (unpaired) electrons. The molecule has 1 atom stereocenters. The topological polar surface area (TPSA) is 29.1 Å². The lowest BCUT2D eigenvalue weighted by molar-refractivity contribution is -0.121. The van der Waals surface area contributed by atoms with Crippen LogP contribution in [0.3, 0.4) is 0 Å². The summed E-state index contributed by atoms with van der Waals surface area (Å²) in [5.41, 5.74) is 1.00. The highest BCUT2D eigenvalue weighted by atomic mass is 35.5. The number of hydrogen-bond donors (Lipinski definition) is 1. The lowest BCUT2D eigenvalue weighted by Crippen LogP contribution is -2.34. The van der Waals surface area contributed by atoms with E-state index in [0.717, 1.165) is 5.56 Å². The van der Waals surface area contributed by atoms with Gasteiger partial charge >= 0.3 is 0 Å². The van der Waals surface area contributed by atoms with Gasteiger partial charge in [-0.1, -0.05) is 12.1 Å². The first kappa shape index (κ1) is 13.0. The van der Waals surface area contributed by atoms with E-state index in [4.69, 9.17) is 11.6 Å². The van der Waals surface area contributed by atoms with E-state index in [-0.39, 0.29) is 17.8 Å². The third-order valence-corrected chi connectivity index (χ3v) is 2.37. The van der Waals surface area contributed by atoms with E-state index in [9.17, 15) is 9.18 Å². The summed E-state index contributed by atoms with van der Waals surface area (Å²) in [7, 11) is 0. The molecule has 0 saturated heterocycles. The minimum Gasteiger partial charge on any atom is -0.353 e. The molecule has 0 aliphatic carbocycles. The van der Waals surface area contributed by atoms with Gasteiger partial charge in [-0.05, 0) is 31.0 Å². The third kappa shape index (κ3) is 4.62. The van der Waals surface area contributed by atoms with Crippen LogP contribution in [-0.2, 0) is 11.2 Å². The number of halogens is 2. The summed E-state index contributed by atoms with van der Waals surface area (Å²) in [6, 6.07) is 6.31. The van der Waals surface area contributed by atoms with Crippen molar-refractivity contribution in [3.63, 3.8) is 0 Å². The van der Waals surface area contributed by atoms with Gasteiger partial charge in [-0.2, -0.15) is 0 Å². The van der Waals surface area contributed by atoms with Crippen molar-refractivity contribution in [3.8, 4) is 0 Å². The second kappa shape index (κ2) is 6.48. The van der Waals surface area contributed by atoms with Gasteiger partial charge in [-0.15, -0.1) is 11.6 Å². The Morgan fingerprint density at radius 3 is 2.62 bits per heavy atom. The largest absolute Gasteiger partial charge is 0.353 e. The second-order valence-corrected chi connectivity index (χ2v) is 4.12. The van der Waals surface area contributed by atoms with E-state index < -0.39 is 0 Å². The summed E-state index contributed by atoms with van der Waals surface area (Å²) in [4.78, 5) is 11.2. The van der Waals surface area contributed by atoms with E-state index >= 15 is 0 Å². The molecule has 88 valence electrons. The van der Waals surface area contributed by atoms with Gasteiger partial charge in [-0.25, -0.2) is 4.39 Å². The van der Waals surface area contributed by atoms with Crippen LogP contribution in [0.15, 0.2) is 24.3 Å². The van der Waals surface area contributed by atoms with Crippen LogP contribution in [0.2, 0.25) is 0 Å². The summed E-state index contributed by atoms with van der Waals surface area (Å²) in [5.74, 6) is 0.0296. The molecule has 1 unspecified atom stereocenters. The molecule has 1 N–H and O–H groups in total. The summed E-state index contributed by atoms with van der Waals surface area (Å²) >= 11 is 5.45. The molecule has 1 aromatic rings. The predicted octanol–water partition coefficient (Wildman–Crippen LogP) is 2.50. The number of amides is 1. The van der Waals surface area contributed by atoms with Gasteiger partial charge in [-0.3, -0.25) is 4.79 Å². The molecule has 1 amide bonds. The van der Waals surface area contributed by atoms with Crippen LogP contribution in [0, 0.1) is 5.82 Å². The van der Waals surface area contributed by atoms with Gasteiger partial charge in [0.05, 0.1) is 0 Å². The number of rotatable bonds is 5. The van der Waals surface area contributed by atoms with Gasteiger partial charge < -0.3 is 5.32 Å². The van der Waals surface area contributed by atoms with Crippen LogP contribution in [0.25, 0.3) is 0 Å². The Morgan fingerprint density at radius 2 is 2.06 bits per heavy atom.